The van der Waals surface area contributed by atoms with Crippen molar-refractivity contribution in [2.75, 3.05) is 6.61 Å². The van der Waals surface area contributed by atoms with Gasteiger partial charge in [0.05, 0.1) is 0 Å². The van der Waals surface area contributed by atoms with Crippen molar-refractivity contribution in [1.29, 1.82) is 0 Å². The molecule has 3 unspecified atom stereocenters. The van der Waals surface area contributed by atoms with Crippen LogP contribution in [0.3, 0.4) is 0 Å². The Hall–Kier alpha value is -0.0213. The van der Waals surface area contributed by atoms with Crippen molar-refractivity contribution >= 4 is 22.0 Å². The van der Waals surface area contributed by atoms with Gasteiger partial charge in [0.2, 0.25) is 0 Å². The normalized spacial score (nSPS) is 45.5. The monoisotopic (exact) mass is 404 g/mol. The molecule has 4 bridgehead atoms. The molecular weight excluding hydrogens is 375 g/mol. The third kappa shape index (κ3) is 1.87. The van der Waals surface area contributed by atoms with Crippen LogP contribution in [0.1, 0.15) is 37.7 Å². The van der Waals surface area contributed by atoms with Crippen LogP contribution in [0.4, 0.5) is 0 Å². The van der Waals surface area contributed by atoms with Gasteiger partial charge in [-0.2, -0.15) is 0 Å². The van der Waals surface area contributed by atoms with Gasteiger partial charge in [0.25, 0.3) is 0 Å². The van der Waals surface area contributed by atoms with Gasteiger partial charge in [-0.3, -0.25) is 0 Å². The molecule has 0 amide bonds. The van der Waals surface area contributed by atoms with E-state index in [1.807, 2.05) is 0 Å². The number of hydrogen-bond donors (Lipinski definition) is 0. The molecule has 1 saturated heterocycles. The van der Waals surface area contributed by atoms with Crippen LogP contribution in [0, 0.1) is 17.8 Å². The van der Waals surface area contributed by atoms with Crippen LogP contribution in [-0.4, -0.2) is 30.6 Å². The first-order valence-electron chi connectivity index (χ1n) is 9.16. The molecule has 22 heavy (non-hydrogen) atoms. The number of rotatable bonds is 2. The Balaban J connectivity index is 1.50. The zero-order chi connectivity index (χ0) is 15.2. The Labute approximate surface area is 138 Å². The minimum absolute atomic E-state index is 0.349. The maximum atomic E-state index is 6.03. The molecule has 0 radical (unpaired) electrons. The summed E-state index contributed by atoms with van der Waals surface area (Å²) in [6, 6.07) is 9.97. The molecule has 1 nitrogen and oxygen atoms in total. The Morgan fingerprint density at radius 3 is 2.05 bits per heavy atom. The molecule has 5 fully saturated rings. The van der Waals surface area contributed by atoms with Crippen LogP contribution < -0.4 is 3.58 Å². The van der Waals surface area contributed by atoms with Crippen LogP contribution in [0.25, 0.3) is 0 Å². The number of benzene rings is 1. The number of ether oxygens (including phenoxy) is 1. The van der Waals surface area contributed by atoms with Gasteiger partial charge in [0.15, 0.2) is 0 Å². The van der Waals surface area contributed by atoms with Crippen LogP contribution in [0.5, 0.6) is 0 Å². The molecule has 0 aromatic heterocycles. The number of epoxide rings is 1. The fourth-order valence-corrected chi connectivity index (χ4v) is 9.62. The summed E-state index contributed by atoms with van der Waals surface area (Å²) in [5.74, 6) is 2.70. The van der Waals surface area contributed by atoms with Gasteiger partial charge < -0.3 is 0 Å². The first kappa shape index (κ1) is 14.3. The Kier molecular flexibility index (Phi) is 2.82. The molecule has 1 spiro atoms. The molecule has 4 saturated carbocycles. The van der Waals surface area contributed by atoms with Gasteiger partial charge in [-0.15, -0.1) is 0 Å². The summed E-state index contributed by atoms with van der Waals surface area (Å²) in [6.07, 6.45) is 7.16. The van der Waals surface area contributed by atoms with Crippen LogP contribution in [0.2, 0.25) is 14.8 Å². The summed E-state index contributed by atoms with van der Waals surface area (Å²) >= 11 is -1.91. The van der Waals surface area contributed by atoms with Gasteiger partial charge in [0.1, 0.15) is 0 Å². The summed E-state index contributed by atoms with van der Waals surface area (Å²) in [5.41, 5.74) is 2.50. The van der Waals surface area contributed by atoms with Crippen molar-refractivity contribution < 1.29 is 4.74 Å². The quantitative estimate of drug-likeness (QED) is 0.536. The summed E-state index contributed by atoms with van der Waals surface area (Å²) in [4.78, 5) is 7.55. The average Bonchev–Trinajstić information content (AvgIpc) is 3.25. The first-order chi connectivity index (χ1) is 10.4. The molecule has 1 aromatic carbocycles. The van der Waals surface area contributed by atoms with Gasteiger partial charge in [-0.25, -0.2) is 0 Å². The standard InChI is InChI=1S/C17H19O.3CH3.Sn/c1-2-4-13(5-3-1)16-8-12-6-14(9-16)17(11-18-17)15(7-12)10-16;;;;/h2-5,12,14-15H,6-11H2;3*1H3;/t12?,14-,15+,16?,17?;;;;. The van der Waals surface area contributed by atoms with E-state index in [1.54, 1.807) is 9.14 Å². The summed E-state index contributed by atoms with van der Waals surface area (Å²) < 4.78 is 7.70. The number of hydrogen-bond acceptors (Lipinski definition) is 1. The van der Waals surface area contributed by atoms with Crippen LogP contribution in [0.15, 0.2) is 24.3 Å². The van der Waals surface area contributed by atoms with E-state index in [0.717, 1.165) is 24.4 Å². The molecule has 0 N–H and O–H groups in total. The Morgan fingerprint density at radius 2 is 1.55 bits per heavy atom. The Bertz CT molecular complexity index is 590. The Morgan fingerprint density at radius 1 is 0.955 bits per heavy atom. The fraction of sp³-hybridized carbons (Fsp3) is 0.700. The molecule has 5 atom stereocenters. The van der Waals surface area contributed by atoms with Gasteiger partial charge in [0, 0.05) is 0 Å². The summed E-state index contributed by atoms with van der Waals surface area (Å²) in [5, 5.41) is 0. The predicted octanol–water partition coefficient (Wildman–Crippen LogP) is 4.08. The van der Waals surface area contributed by atoms with Gasteiger partial charge in [-0.1, -0.05) is 0 Å². The summed E-state index contributed by atoms with van der Waals surface area (Å²) in [7, 11) is 0. The first-order valence-corrected chi connectivity index (χ1v) is 19.2. The zero-order valence-corrected chi connectivity index (χ0v) is 17.0. The van der Waals surface area contributed by atoms with Crippen LogP contribution in [-0.2, 0) is 10.2 Å². The van der Waals surface area contributed by atoms with E-state index >= 15 is 0 Å². The van der Waals surface area contributed by atoms with Crippen molar-refractivity contribution in [1.82, 2.24) is 0 Å². The third-order valence-electron chi connectivity index (χ3n) is 7.41. The van der Waals surface area contributed by atoms with E-state index in [0.29, 0.717) is 11.0 Å². The van der Waals surface area contributed by atoms with Crippen molar-refractivity contribution in [3.63, 3.8) is 0 Å². The van der Waals surface area contributed by atoms with Crippen molar-refractivity contribution in [3.05, 3.63) is 29.8 Å². The summed E-state index contributed by atoms with van der Waals surface area (Å²) in [6.45, 7) is 1.07. The second-order valence-corrected chi connectivity index (χ2v) is 24.2. The molecular formula is C20H28OSn. The van der Waals surface area contributed by atoms with E-state index in [1.165, 1.54) is 32.1 Å². The molecule has 1 heterocycles. The molecule has 5 aliphatic rings. The topological polar surface area (TPSA) is 12.5 Å². The van der Waals surface area contributed by atoms with Crippen LogP contribution >= 0.6 is 0 Å². The second kappa shape index (κ2) is 4.33. The average molecular weight is 403 g/mol. The van der Waals surface area contributed by atoms with Crippen molar-refractivity contribution in [3.8, 4) is 0 Å². The van der Waals surface area contributed by atoms with Gasteiger partial charge >= 0.3 is 139 Å². The van der Waals surface area contributed by atoms with Gasteiger partial charge in [-0.05, 0) is 0 Å². The fourth-order valence-electron chi connectivity index (χ4n) is 6.29. The molecule has 2 heteroatoms. The zero-order valence-electron chi connectivity index (χ0n) is 14.2. The van der Waals surface area contributed by atoms with Crippen molar-refractivity contribution in [2.24, 2.45) is 17.8 Å². The van der Waals surface area contributed by atoms with E-state index in [2.05, 4.69) is 39.1 Å². The molecule has 118 valence electrons. The second-order valence-electron chi connectivity index (χ2n) is 9.69. The maximum absolute atomic E-state index is 6.03. The van der Waals surface area contributed by atoms with E-state index in [4.69, 9.17) is 4.74 Å². The van der Waals surface area contributed by atoms with E-state index in [9.17, 15) is 0 Å². The third-order valence-corrected chi connectivity index (χ3v) is 13.3. The predicted molar refractivity (Wildman–Crippen MR) is 93.3 cm³/mol. The molecule has 1 aromatic rings. The molecule has 1 aliphatic heterocycles. The molecule has 4 aliphatic carbocycles. The molecule has 6 rings (SSSR count). The van der Waals surface area contributed by atoms with E-state index in [-0.39, 0.29) is 0 Å². The van der Waals surface area contributed by atoms with Crippen molar-refractivity contribution in [2.45, 2.75) is 57.9 Å². The SMILES string of the molecule is [CH3][Sn]([CH3])([CH3])[c]1ccc(C23CC4C[C@H](C2)C2(CO2)[C@@H](C4)C3)cc1. The minimum atomic E-state index is -1.91. The van der Waals surface area contributed by atoms with E-state index < -0.39 is 18.4 Å².